The lowest BCUT2D eigenvalue weighted by atomic mass is 9.93. The Balaban J connectivity index is 1.41. The van der Waals surface area contributed by atoms with E-state index in [9.17, 15) is 0 Å². The van der Waals surface area contributed by atoms with Crippen LogP contribution in [0.15, 0.2) is 48.5 Å². The molecule has 1 aliphatic carbocycles. The number of anilines is 1. The lowest BCUT2D eigenvalue weighted by Crippen LogP contribution is -2.56. The van der Waals surface area contributed by atoms with Gasteiger partial charge >= 0.3 is 0 Å². The number of ether oxygens (including phenoxy) is 3. The smallest absolute Gasteiger partial charge is 0.231 e. The summed E-state index contributed by atoms with van der Waals surface area (Å²) in [6, 6.07) is 17.9. The molecule has 3 aliphatic rings. The van der Waals surface area contributed by atoms with Gasteiger partial charge in [0, 0.05) is 24.3 Å². The van der Waals surface area contributed by atoms with Crippen molar-refractivity contribution in [2.75, 3.05) is 31.9 Å². The average molecular weight is 437 g/mol. The van der Waals surface area contributed by atoms with Gasteiger partial charge in [-0.25, -0.2) is 0 Å². The van der Waals surface area contributed by atoms with E-state index in [-0.39, 0.29) is 0 Å². The maximum Gasteiger partial charge on any atom is 0.231 e. The topological polar surface area (TPSA) is 34.2 Å². The van der Waals surface area contributed by atoms with Crippen LogP contribution >= 0.6 is 0 Å². The van der Waals surface area contributed by atoms with Crippen LogP contribution in [0.5, 0.6) is 11.5 Å². The Bertz CT molecular complexity index is 868. The Labute approximate surface area is 192 Å². The van der Waals surface area contributed by atoms with Gasteiger partial charge in [-0.05, 0) is 57.0 Å². The molecule has 32 heavy (non-hydrogen) atoms. The molecular weight excluding hydrogens is 400 g/mol. The first-order chi connectivity index (χ1) is 15.8. The Morgan fingerprint density at radius 3 is 2.59 bits per heavy atom. The predicted octanol–water partition coefficient (Wildman–Crippen LogP) is 5.23. The molecule has 0 radical (unpaired) electrons. The maximum absolute atomic E-state index is 6.52. The van der Waals surface area contributed by atoms with Gasteiger partial charge < -0.3 is 19.1 Å². The zero-order valence-electron chi connectivity index (χ0n) is 19.2. The van der Waals surface area contributed by atoms with E-state index < -0.39 is 0 Å². The number of benzene rings is 2. The average Bonchev–Trinajstić information content (AvgIpc) is 3.31. The Morgan fingerprint density at radius 1 is 0.938 bits per heavy atom. The van der Waals surface area contributed by atoms with Gasteiger partial charge in [0.25, 0.3) is 0 Å². The van der Waals surface area contributed by atoms with Crippen molar-refractivity contribution in [2.24, 2.45) is 0 Å². The van der Waals surface area contributed by atoms with Crippen molar-refractivity contribution in [3.63, 3.8) is 0 Å². The van der Waals surface area contributed by atoms with E-state index in [1.807, 2.05) is 0 Å². The molecule has 0 spiro atoms. The monoisotopic (exact) mass is 436 g/mol. The van der Waals surface area contributed by atoms with Crippen molar-refractivity contribution in [2.45, 2.75) is 69.7 Å². The Hall–Kier alpha value is -2.24. The van der Waals surface area contributed by atoms with E-state index in [1.165, 1.54) is 56.2 Å². The zero-order valence-corrected chi connectivity index (χ0v) is 19.2. The van der Waals surface area contributed by atoms with Crippen LogP contribution in [0.3, 0.4) is 0 Å². The second-order valence-corrected chi connectivity index (χ2v) is 9.50. The number of nitrogens with zero attached hydrogens (tertiary/aromatic N) is 2. The molecule has 0 unspecified atom stereocenters. The summed E-state index contributed by atoms with van der Waals surface area (Å²) in [6.45, 7) is 3.12. The Kier molecular flexibility index (Phi) is 6.84. The van der Waals surface area contributed by atoms with Gasteiger partial charge in [0.2, 0.25) is 6.79 Å². The van der Waals surface area contributed by atoms with Gasteiger partial charge in [-0.2, -0.15) is 0 Å². The highest BCUT2D eigenvalue weighted by atomic mass is 16.7. The molecule has 2 heterocycles. The van der Waals surface area contributed by atoms with Crippen molar-refractivity contribution >= 4 is 5.69 Å². The lowest BCUT2D eigenvalue weighted by Gasteiger charge is -2.46. The molecular formula is C27H36N2O3. The lowest BCUT2D eigenvalue weighted by molar-refractivity contribution is -0.0182. The van der Waals surface area contributed by atoms with E-state index in [4.69, 9.17) is 14.2 Å². The summed E-state index contributed by atoms with van der Waals surface area (Å²) >= 11 is 0. The van der Waals surface area contributed by atoms with Crippen LogP contribution < -0.4 is 14.4 Å². The fraction of sp³-hybridized carbons (Fsp3) is 0.556. The van der Waals surface area contributed by atoms with Gasteiger partial charge in [-0.3, -0.25) is 4.90 Å². The highest BCUT2D eigenvalue weighted by Gasteiger charge is 2.35. The molecule has 0 N–H and O–H groups in total. The summed E-state index contributed by atoms with van der Waals surface area (Å²) in [5.41, 5.74) is 2.52. The molecule has 0 amide bonds. The van der Waals surface area contributed by atoms with Crippen molar-refractivity contribution < 1.29 is 14.2 Å². The van der Waals surface area contributed by atoms with Gasteiger partial charge in [0.15, 0.2) is 11.5 Å². The quantitative estimate of drug-likeness (QED) is 0.593. The maximum atomic E-state index is 6.52. The number of likely N-dealkylation sites (tertiary alicyclic amines) is 1. The SMILES string of the molecule is CN1CCC[C@H](N(Cc2ccccc2)c2ccc3c(c2)OCO3)[C@H]1COC1CCCCC1. The molecule has 0 bridgehead atoms. The first-order valence-electron chi connectivity index (χ1n) is 12.3. The molecule has 2 aliphatic heterocycles. The molecule has 0 aromatic heterocycles. The predicted molar refractivity (Wildman–Crippen MR) is 127 cm³/mol. The summed E-state index contributed by atoms with van der Waals surface area (Å²) in [5, 5.41) is 0. The highest BCUT2D eigenvalue weighted by Crippen LogP contribution is 2.38. The molecule has 172 valence electrons. The van der Waals surface area contributed by atoms with Crippen LogP contribution in [-0.4, -0.2) is 50.1 Å². The fourth-order valence-corrected chi connectivity index (χ4v) is 5.51. The summed E-state index contributed by atoms with van der Waals surface area (Å²) in [5.74, 6) is 1.69. The minimum Gasteiger partial charge on any atom is -0.454 e. The first-order valence-corrected chi connectivity index (χ1v) is 12.3. The van der Waals surface area contributed by atoms with E-state index in [2.05, 4.69) is 65.4 Å². The van der Waals surface area contributed by atoms with Gasteiger partial charge in [0.05, 0.1) is 18.8 Å². The molecule has 5 heteroatoms. The zero-order chi connectivity index (χ0) is 21.8. The van der Waals surface area contributed by atoms with Gasteiger partial charge in [0.1, 0.15) is 0 Å². The van der Waals surface area contributed by atoms with Crippen LogP contribution in [0.4, 0.5) is 5.69 Å². The highest BCUT2D eigenvalue weighted by molar-refractivity contribution is 5.58. The molecule has 1 saturated heterocycles. The van der Waals surface area contributed by atoms with Crippen LogP contribution in [0.25, 0.3) is 0 Å². The second-order valence-electron chi connectivity index (χ2n) is 9.50. The molecule has 2 fully saturated rings. The number of piperidine rings is 1. The van der Waals surface area contributed by atoms with Crippen molar-refractivity contribution in [1.82, 2.24) is 4.90 Å². The van der Waals surface area contributed by atoms with Crippen molar-refractivity contribution in [3.05, 3.63) is 54.1 Å². The largest absolute Gasteiger partial charge is 0.454 e. The first kappa shape index (κ1) is 21.6. The number of hydrogen-bond donors (Lipinski definition) is 0. The Morgan fingerprint density at radius 2 is 1.75 bits per heavy atom. The second kappa shape index (κ2) is 10.1. The number of hydrogen-bond acceptors (Lipinski definition) is 5. The van der Waals surface area contributed by atoms with Crippen LogP contribution in [0, 0.1) is 0 Å². The molecule has 2 atom stereocenters. The molecule has 2 aromatic rings. The molecule has 5 rings (SSSR count). The molecule has 1 saturated carbocycles. The van der Waals surface area contributed by atoms with E-state index >= 15 is 0 Å². The minimum absolute atomic E-state index is 0.307. The van der Waals surface area contributed by atoms with Gasteiger partial charge in [-0.15, -0.1) is 0 Å². The fourth-order valence-electron chi connectivity index (χ4n) is 5.51. The van der Waals surface area contributed by atoms with E-state index in [0.29, 0.717) is 25.0 Å². The van der Waals surface area contributed by atoms with E-state index in [0.717, 1.165) is 31.2 Å². The van der Waals surface area contributed by atoms with Crippen molar-refractivity contribution in [3.8, 4) is 11.5 Å². The van der Waals surface area contributed by atoms with Crippen LogP contribution in [0.2, 0.25) is 0 Å². The summed E-state index contributed by atoms with van der Waals surface area (Å²) < 4.78 is 17.8. The number of fused-ring (bicyclic) bond motifs is 1. The van der Waals surface area contributed by atoms with Gasteiger partial charge in [-0.1, -0.05) is 49.6 Å². The van der Waals surface area contributed by atoms with Crippen LogP contribution in [-0.2, 0) is 11.3 Å². The van der Waals surface area contributed by atoms with Crippen molar-refractivity contribution in [1.29, 1.82) is 0 Å². The molecule has 2 aromatic carbocycles. The third-order valence-corrected chi connectivity index (χ3v) is 7.36. The number of rotatable bonds is 7. The number of likely N-dealkylation sites (N-methyl/N-ethyl adjacent to an activating group) is 1. The normalized spacial score (nSPS) is 23.9. The third-order valence-electron chi connectivity index (χ3n) is 7.36. The summed E-state index contributed by atoms with van der Waals surface area (Å²) in [7, 11) is 2.27. The minimum atomic E-state index is 0.307. The van der Waals surface area contributed by atoms with E-state index in [1.54, 1.807) is 0 Å². The summed E-state index contributed by atoms with van der Waals surface area (Å²) in [6.07, 6.45) is 9.24. The van der Waals surface area contributed by atoms with Crippen LogP contribution in [0.1, 0.15) is 50.5 Å². The summed E-state index contributed by atoms with van der Waals surface area (Å²) in [4.78, 5) is 5.09. The standard InChI is InChI=1S/C27H36N2O3/c1-28-16-8-13-24(25(28)19-30-23-11-6-3-7-12-23)29(18-21-9-4-2-5-10-21)22-14-15-26-27(17-22)32-20-31-26/h2,4-5,9-10,14-15,17,23-25H,3,6-8,11-13,16,18-20H2,1H3/t24-,25+/m0/s1. The third kappa shape index (κ3) is 4.89. The molecule has 5 nitrogen and oxygen atoms in total.